The van der Waals surface area contributed by atoms with Crippen LogP contribution in [-0.4, -0.2) is 0 Å². The minimum Gasteiger partial charge on any atom is -0.0622 e. The van der Waals surface area contributed by atoms with Crippen LogP contribution in [0.25, 0.3) is 0 Å². The number of hydrogen-bond acceptors (Lipinski definition) is 0. The first-order chi connectivity index (χ1) is 12.4. The number of unbranched alkanes of at least 4 members (excludes halogenated alkanes) is 10. The maximum atomic E-state index is 2.26. The zero-order valence-corrected chi connectivity index (χ0v) is 16.7. The average Bonchev–Trinajstić information content (AvgIpc) is 2.67. The Balaban J connectivity index is 1.27. The van der Waals surface area contributed by atoms with Crippen molar-refractivity contribution in [1.29, 1.82) is 0 Å². The minimum absolute atomic E-state index is 1.09. The highest BCUT2D eigenvalue weighted by Gasteiger charge is 2.12. The van der Waals surface area contributed by atoms with Crippen molar-refractivity contribution >= 4 is 0 Å². The first kappa shape index (κ1) is 20.5. The molecule has 0 heteroatoms. The van der Waals surface area contributed by atoms with Crippen molar-refractivity contribution in [2.24, 2.45) is 5.92 Å². The largest absolute Gasteiger partial charge is 0.0622 e. The summed E-state index contributed by atoms with van der Waals surface area (Å²) in [5.74, 6) is 1.09. The van der Waals surface area contributed by atoms with Gasteiger partial charge >= 0.3 is 0 Å². The lowest BCUT2D eigenvalue weighted by molar-refractivity contribution is 0.328. The summed E-state index contributed by atoms with van der Waals surface area (Å²) in [4.78, 5) is 0. The highest BCUT2D eigenvalue weighted by atomic mass is 14.2. The van der Waals surface area contributed by atoms with E-state index in [0.29, 0.717) is 0 Å². The van der Waals surface area contributed by atoms with Crippen LogP contribution in [0.1, 0.15) is 115 Å². The fourth-order valence-corrected chi connectivity index (χ4v) is 4.47. The third-order valence-electron chi connectivity index (χ3n) is 6.15. The second-order valence-electron chi connectivity index (χ2n) is 8.42. The molecule has 0 N–H and O–H groups in total. The second-order valence-corrected chi connectivity index (χ2v) is 8.42. The Morgan fingerprint density at radius 1 is 0.560 bits per heavy atom. The molecule has 0 aromatic heterocycles. The van der Waals surface area contributed by atoms with Gasteiger partial charge in [0.25, 0.3) is 0 Å². The smallest absolute Gasteiger partial charge is 0.0279 e. The topological polar surface area (TPSA) is 0 Å². The molecule has 0 unspecified atom stereocenters. The summed E-state index contributed by atoms with van der Waals surface area (Å²) in [5.41, 5.74) is 1.51. The van der Waals surface area contributed by atoms with Gasteiger partial charge in [0.2, 0.25) is 0 Å². The molecule has 1 aromatic rings. The van der Waals surface area contributed by atoms with Crippen LogP contribution in [0.2, 0.25) is 0 Å². The van der Waals surface area contributed by atoms with Crippen LogP contribution in [0.5, 0.6) is 0 Å². The Bertz CT molecular complexity index is 388. The Morgan fingerprint density at radius 3 is 1.68 bits per heavy atom. The quantitative estimate of drug-likeness (QED) is 0.297. The van der Waals surface area contributed by atoms with E-state index < -0.39 is 0 Å². The molecule has 0 nitrogen and oxygen atoms in total. The van der Waals surface area contributed by atoms with Crippen molar-refractivity contribution in [2.45, 2.75) is 116 Å². The number of rotatable bonds is 14. The summed E-state index contributed by atoms with van der Waals surface area (Å²) in [6.07, 6.45) is 26.5. The summed E-state index contributed by atoms with van der Waals surface area (Å²) in [6.45, 7) is 0. The lowest BCUT2D eigenvalue weighted by atomic mass is 9.85. The molecular weight excluding hydrogens is 300 g/mol. The average molecular weight is 343 g/mol. The van der Waals surface area contributed by atoms with Gasteiger partial charge in [0.1, 0.15) is 0 Å². The maximum absolute atomic E-state index is 2.26. The van der Waals surface area contributed by atoms with Gasteiger partial charge in [-0.25, -0.2) is 0 Å². The van der Waals surface area contributed by atoms with Gasteiger partial charge in [0, 0.05) is 0 Å². The molecule has 1 aliphatic carbocycles. The summed E-state index contributed by atoms with van der Waals surface area (Å²) in [7, 11) is 0. The predicted octanol–water partition coefficient (Wildman–Crippen LogP) is 8.49. The van der Waals surface area contributed by atoms with E-state index in [1.165, 1.54) is 121 Å². The SMILES string of the molecule is c1ccc(CCCCCCCCCCCCCC2CCCCC2)cc1. The summed E-state index contributed by atoms with van der Waals surface area (Å²) >= 11 is 0. The van der Waals surface area contributed by atoms with Crippen molar-refractivity contribution in [1.82, 2.24) is 0 Å². The van der Waals surface area contributed by atoms with Crippen LogP contribution in [0, 0.1) is 5.92 Å². The second kappa shape index (κ2) is 14.4. The lowest BCUT2D eigenvalue weighted by Crippen LogP contribution is -2.05. The number of hydrogen-bond donors (Lipinski definition) is 0. The zero-order chi connectivity index (χ0) is 17.4. The van der Waals surface area contributed by atoms with Crippen LogP contribution in [0.3, 0.4) is 0 Å². The fraction of sp³-hybridized carbons (Fsp3) is 0.760. The third-order valence-corrected chi connectivity index (χ3v) is 6.15. The molecule has 0 saturated heterocycles. The molecule has 0 aliphatic heterocycles. The summed E-state index contributed by atoms with van der Waals surface area (Å²) < 4.78 is 0. The molecule has 0 bridgehead atoms. The first-order valence-electron chi connectivity index (χ1n) is 11.5. The van der Waals surface area contributed by atoms with Gasteiger partial charge in [0.05, 0.1) is 0 Å². The molecule has 0 amide bonds. The highest BCUT2D eigenvalue weighted by Crippen LogP contribution is 2.28. The van der Waals surface area contributed by atoms with Crippen LogP contribution in [0.15, 0.2) is 30.3 Å². The molecule has 1 aliphatic rings. The fourth-order valence-electron chi connectivity index (χ4n) is 4.47. The van der Waals surface area contributed by atoms with E-state index in [1.807, 2.05) is 0 Å². The van der Waals surface area contributed by atoms with E-state index >= 15 is 0 Å². The Kier molecular flexibility index (Phi) is 11.8. The molecule has 142 valence electrons. The van der Waals surface area contributed by atoms with Gasteiger partial charge in [-0.05, 0) is 24.3 Å². The van der Waals surface area contributed by atoms with Crippen LogP contribution in [-0.2, 0) is 6.42 Å². The van der Waals surface area contributed by atoms with Gasteiger partial charge in [-0.1, -0.05) is 133 Å². The zero-order valence-electron chi connectivity index (χ0n) is 16.7. The van der Waals surface area contributed by atoms with Gasteiger partial charge in [-0.2, -0.15) is 0 Å². The van der Waals surface area contributed by atoms with Crippen LogP contribution >= 0.6 is 0 Å². The predicted molar refractivity (Wildman–Crippen MR) is 112 cm³/mol. The molecule has 0 spiro atoms. The first-order valence-corrected chi connectivity index (χ1v) is 11.5. The van der Waals surface area contributed by atoms with Gasteiger partial charge in [-0.3, -0.25) is 0 Å². The molecule has 1 aromatic carbocycles. The molecular formula is C25H42. The summed E-state index contributed by atoms with van der Waals surface area (Å²) in [6, 6.07) is 10.9. The monoisotopic (exact) mass is 342 g/mol. The van der Waals surface area contributed by atoms with Crippen LogP contribution in [0.4, 0.5) is 0 Å². The normalized spacial score (nSPS) is 15.5. The highest BCUT2D eigenvalue weighted by molar-refractivity contribution is 5.14. The van der Waals surface area contributed by atoms with Gasteiger partial charge in [-0.15, -0.1) is 0 Å². The third kappa shape index (κ3) is 10.7. The Labute approximate surface area is 157 Å². The van der Waals surface area contributed by atoms with E-state index in [4.69, 9.17) is 0 Å². The minimum atomic E-state index is 1.09. The molecule has 1 saturated carbocycles. The number of benzene rings is 1. The molecule has 0 atom stereocenters. The van der Waals surface area contributed by atoms with Crippen molar-refractivity contribution in [3.8, 4) is 0 Å². The number of aryl methyl sites for hydroxylation is 1. The molecule has 1 fully saturated rings. The van der Waals surface area contributed by atoms with E-state index in [0.717, 1.165) is 5.92 Å². The maximum Gasteiger partial charge on any atom is -0.0279 e. The van der Waals surface area contributed by atoms with Crippen LogP contribution < -0.4 is 0 Å². The van der Waals surface area contributed by atoms with E-state index in [2.05, 4.69) is 30.3 Å². The summed E-state index contributed by atoms with van der Waals surface area (Å²) in [5, 5.41) is 0. The van der Waals surface area contributed by atoms with Crippen molar-refractivity contribution in [3.05, 3.63) is 35.9 Å². The molecule has 25 heavy (non-hydrogen) atoms. The Hall–Kier alpha value is -0.780. The lowest BCUT2D eigenvalue weighted by Gasteiger charge is -2.21. The van der Waals surface area contributed by atoms with Crippen molar-refractivity contribution < 1.29 is 0 Å². The van der Waals surface area contributed by atoms with E-state index in [9.17, 15) is 0 Å². The molecule has 0 radical (unpaired) electrons. The van der Waals surface area contributed by atoms with Gasteiger partial charge in [0.15, 0.2) is 0 Å². The standard InChI is InChI=1S/C25H42/c1(2-4-6-8-12-18-24-20-14-10-15-21-24)3-5-7-9-13-19-25-22-16-11-17-23-25/h10,14-15,20-21,25H,1-9,11-13,16-19,22-23H2. The van der Waals surface area contributed by atoms with Crippen molar-refractivity contribution in [2.75, 3.05) is 0 Å². The van der Waals surface area contributed by atoms with E-state index in [-0.39, 0.29) is 0 Å². The molecule has 2 rings (SSSR count). The van der Waals surface area contributed by atoms with Gasteiger partial charge < -0.3 is 0 Å². The van der Waals surface area contributed by atoms with E-state index in [1.54, 1.807) is 0 Å². The molecule has 0 heterocycles. The Morgan fingerprint density at radius 2 is 1.08 bits per heavy atom. The van der Waals surface area contributed by atoms with Crippen molar-refractivity contribution in [3.63, 3.8) is 0 Å².